The largest absolute Gasteiger partial charge is 0.347 e. The highest BCUT2D eigenvalue weighted by molar-refractivity contribution is 6.38. The predicted molar refractivity (Wildman–Crippen MR) is 113 cm³/mol. The van der Waals surface area contributed by atoms with Gasteiger partial charge in [-0.15, -0.1) is 0 Å². The third-order valence-electron chi connectivity index (χ3n) is 6.54. The third kappa shape index (κ3) is 3.15. The number of carbonyl (C=O) groups excluding carboxylic acids is 2. The second-order valence-corrected chi connectivity index (χ2v) is 8.62. The van der Waals surface area contributed by atoms with Crippen LogP contribution < -0.4 is 5.32 Å². The average molecular weight is 427 g/mol. The summed E-state index contributed by atoms with van der Waals surface area (Å²) in [7, 11) is 0. The zero-order valence-electron chi connectivity index (χ0n) is 16.7. The maximum atomic E-state index is 13.0. The average Bonchev–Trinajstić information content (AvgIpc) is 3.15. The maximum absolute atomic E-state index is 13.0. The van der Waals surface area contributed by atoms with Crippen LogP contribution in [-0.2, 0) is 6.42 Å². The number of likely N-dealkylation sites (tertiary alicyclic amines) is 1. The number of aromatic amines is 2. The molecular formula is C21H23ClN6O2. The van der Waals surface area contributed by atoms with Crippen LogP contribution in [0.15, 0.2) is 24.5 Å². The van der Waals surface area contributed by atoms with E-state index in [2.05, 4.69) is 25.5 Å². The molecule has 5 rings (SSSR count). The van der Waals surface area contributed by atoms with E-state index < -0.39 is 0 Å². The first-order valence-corrected chi connectivity index (χ1v) is 10.6. The van der Waals surface area contributed by atoms with Gasteiger partial charge in [0.1, 0.15) is 11.3 Å². The lowest BCUT2D eigenvalue weighted by Crippen LogP contribution is -2.42. The van der Waals surface area contributed by atoms with E-state index in [1.807, 2.05) is 17.9 Å². The normalized spacial score (nSPS) is 19.9. The summed E-state index contributed by atoms with van der Waals surface area (Å²) in [5.74, 6) is -0.223. The highest BCUT2D eigenvalue weighted by atomic mass is 35.5. The Balaban J connectivity index is 1.21. The summed E-state index contributed by atoms with van der Waals surface area (Å²) in [6, 6.07) is 3.77. The van der Waals surface area contributed by atoms with Gasteiger partial charge in [-0.25, -0.2) is 4.98 Å². The first-order chi connectivity index (χ1) is 14.5. The summed E-state index contributed by atoms with van der Waals surface area (Å²) in [6.07, 6.45) is 6.79. The highest BCUT2D eigenvalue weighted by Crippen LogP contribution is 2.54. The Hall–Kier alpha value is -2.87. The molecule has 2 amide bonds. The number of carbonyl (C=O) groups is 2. The number of amides is 2. The van der Waals surface area contributed by atoms with Crippen LogP contribution in [0.5, 0.6) is 0 Å². The Morgan fingerprint density at radius 3 is 2.90 bits per heavy atom. The Morgan fingerprint density at radius 2 is 2.17 bits per heavy atom. The molecule has 8 nitrogen and oxygen atoms in total. The maximum Gasteiger partial charge on any atom is 0.272 e. The van der Waals surface area contributed by atoms with Crippen molar-refractivity contribution in [1.29, 1.82) is 0 Å². The van der Waals surface area contributed by atoms with E-state index in [4.69, 9.17) is 11.6 Å². The summed E-state index contributed by atoms with van der Waals surface area (Å²) in [6.45, 7) is 3.31. The van der Waals surface area contributed by atoms with Gasteiger partial charge in [0.15, 0.2) is 0 Å². The van der Waals surface area contributed by atoms with E-state index in [1.165, 1.54) is 0 Å². The molecule has 0 bridgehead atoms. The van der Waals surface area contributed by atoms with Crippen molar-refractivity contribution in [3.63, 3.8) is 0 Å². The Labute approximate surface area is 178 Å². The van der Waals surface area contributed by atoms with Crippen molar-refractivity contribution in [3.8, 4) is 0 Å². The van der Waals surface area contributed by atoms with Crippen LogP contribution in [0.4, 0.5) is 0 Å². The van der Waals surface area contributed by atoms with Crippen molar-refractivity contribution in [2.45, 2.75) is 38.6 Å². The van der Waals surface area contributed by atoms with Crippen molar-refractivity contribution in [2.24, 2.45) is 5.41 Å². The summed E-state index contributed by atoms with van der Waals surface area (Å²) in [5, 5.41) is 11.3. The minimum atomic E-state index is -0.135. The number of rotatable bonds is 4. The topological polar surface area (TPSA) is 107 Å². The van der Waals surface area contributed by atoms with Gasteiger partial charge in [-0.2, -0.15) is 5.10 Å². The van der Waals surface area contributed by atoms with Crippen LogP contribution in [0.25, 0.3) is 11.0 Å². The molecule has 2 fully saturated rings. The van der Waals surface area contributed by atoms with Crippen molar-refractivity contribution in [2.75, 3.05) is 13.1 Å². The molecule has 9 heteroatoms. The molecule has 1 aliphatic heterocycles. The van der Waals surface area contributed by atoms with E-state index in [-0.39, 0.29) is 23.3 Å². The van der Waals surface area contributed by atoms with E-state index in [1.54, 1.807) is 18.5 Å². The number of halogens is 1. The van der Waals surface area contributed by atoms with Gasteiger partial charge < -0.3 is 15.2 Å². The molecule has 3 N–H and O–H groups in total. The lowest BCUT2D eigenvalue weighted by molar-refractivity contribution is 0.0667. The first kappa shape index (κ1) is 19.1. The van der Waals surface area contributed by atoms with Crippen LogP contribution in [-0.4, -0.2) is 56.0 Å². The number of fused-ring (bicyclic) bond motifs is 1. The quantitative estimate of drug-likeness (QED) is 0.596. The molecule has 4 heterocycles. The van der Waals surface area contributed by atoms with Gasteiger partial charge in [0.05, 0.1) is 10.6 Å². The van der Waals surface area contributed by atoms with Gasteiger partial charge in [-0.1, -0.05) is 18.5 Å². The van der Waals surface area contributed by atoms with Gasteiger partial charge in [0.2, 0.25) is 0 Å². The Morgan fingerprint density at radius 1 is 1.37 bits per heavy atom. The van der Waals surface area contributed by atoms with Gasteiger partial charge >= 0.3 is 0 Å². The minimum Gasteiger partial charge on any atom is -0.347 e. The van der Waals surface area contributed by atoms with Gasteiger partial charge in [-0.3, -0.25) is 14.7 Å². The van der Waals surface area contributed by atoms with Crippen molar-refractivity contribution >= 4 is 34.4 Å². The molecule has 156 valence electrons. The number of aryl methyl sites for hydroxylation is 1. The van der Waals surface area contributed by atoms with Crippen LogP contribution in [0.1, 0.15) is 52.7 Å². The Kier molecular flexibility index (Phi) is 4.54. The van der Waals surface area contributed by atoms with Crippen LogP contribution in [0.3, 0.4) is 0 Å². The molecule has 1 unspecified atom stereocenters. The van der Waals surface area contributed by atoms with Crippen molar-refractivity contribution in [3.05, 3.63) is 46.5 Å². The molecular weight excluding hydrogens is 404 g/mol. The second kappa shape index (κ2) is 7.12. The molecule has 30 heavy (non-hydrogen) atoms. The van der Waals surface area contributed by atoms with E-state index in [9.17, 15) is 9.59 Å². The summed E-state index contributed by atoms with van der Waals surface area (Å²) in [4.78, 5) is 34.6. The molecule has 2 aliphatic rings. The van der Waals surface area contributed by atoms with E-state index in [0.717, 1.165) is 36.8 Å². The lowest BCUT2D eigenvalue weighted by atomic mass is 9.92. The SMILES string of the molecule is CCc1cc(C(=O)NC2CC23CCN(C(=O)c2cnc4[nH]ccc4c2Cl)CC3)n[nH]1. The van der Waals surface area contributed by atoms with Crippen molar-refractivity contribution < 1.29 is 9.59 Å². The fourth-order valence-electron chi connectivity index (χ4n) is 4.45. The molecule has 3 aromatic rings. The number of aromatic nitrogens is 4. The molecule has 1 saturated heterocycles. The zero-order valence-corrected chi connectivity index (χ0v) is 17.4. The van der Waals surface area contributed by atoms with E-state index in [0.29, 0.717) is 35.0 Å². The molecule has 1 atom stereocenters. The number of pyridine rings is 1. The molecule has 1 spiro atoms. The highest BCUT2D eigenvalue weighted by Gasteiger charge is 2.56. The fourth-order valence-corrected chi connectivity index (χ4v) is 4.73. The molecule has 1 aliphatic carbocycles. The summed E-state index contributed by atoms with van der Waals surface area (Å²) in [5.41, 5.74) is 2.58. The molecule has 0 radical (unpaired) electrons. The predicted octanol–water partition coefficient (Wildman–Crippen LogP) is 2.93. The summed E-state index contributed by atoms with van der Waals surface area (Å²) < 4.78 is 0. The number of piperidine rings is 1. The number of hydrogen-bond donors (Lipinski definition) is 3. The molecule has 1 saturated carbocycles. The van der Waals surface area contributed by atoms with Crippen LogP contribution >= 0.6 is 11.6 Å². The second-order valence-electron chi connectivity index (χ2n) is 8.24. The molecule has 0 aromatic carbocycles. The van der Waals surface area contributed by atoms with Gasteiger partial charge in [-0.05, 0) is 43.2 Å². The first-order valence-electron chi connectivity index (χ1n) is 10.3. The number of H-pyrrole nitrogens is 2. The van der Waals surface area contributed by atoms with Gasteiger partial charge in [0.25, 0.3) is 11.8 Å². The number of hydrogen-bond acceptors (Lipinski definition) is 4. The molecule has 3 aromatic heterocycles. The van der Waals surface area contributed by atoms with E-state index >= 15 is 0 Å². The smallest absolute Gasteiger partial charge is 0.272 e. The Bertz CT molecular complexity index is 1130. The van der Waals surface area contributed by atoms with Crippen molar-refractivity contribution in [1.82, 2.24) is 30.4 Å². The summed E-state index contributed by atoms with van der Waals surface area (Å²) >= 11 is 6.45. The monoisotopic (exact) mass is 426 g/mol. The standard InChI is InChI=1S/C21H23ClN6O2/c1-2-12-9-15(27-26-12)19(29)25-16-10-21(16)4-7-28(8-5-21)20(30)14-11-24-18-13(17(14)22)3-6-23-18/h3,6,9,11,16H,2,4-5,7-8,10H2,1H3,(H,23,24)(H,25,29)(H,26,27). The van der Waals surface area contributed by atoms with Gasteiger partial charge in [0, 0.05) is 42.6 Å². The third-order valence-corrected chi connectivity index (χ3v) is 6.94. The minimum absolute atomic E-state index is 0.0863. The zero-order chi connectivity index (χ0) is 20.9. The van der Waals surface area contributed by atoms with Crippen LogP contribution in [0.2, 0.25) is 5.02 Å². The lowest BCUT2D eigenvalue weighted by Gasteiger charge is -2.33. The number of nitrogens with one attached hydrogen (secondary N) is 3. The number of nitrogens with zero attached hydrogens (tertiary/aromatic N) is 3. The fraction of sp³-hybridized carbons (Fsp3) is 0.429. The van der Waals surface area contributed by atoms with Crippen LogP contribution in [0, 0.1) is 5.41 Å².